The summed E-state index contributed by atoms with van der Waals surface area (Å²) < 4.78 is 0. The van der Waals surface area contributed by atoms with E-state index in [1.54, 1.807) is 0 Å². The Morgan fingerprint density at radius 3 is 2.18 bits per heavy atom. The maximum atomic E-state index is 9.89. The van der Waals surface area contributed by atoms with Gasteiger partial charge in [-0.25, -0.2) is 4.85 Å². The molecular weight excluding hydrogens is 359 g/mol. The number of hydrogen-bond acceptors (Lipinski definition) is 1. The van der Waals surface area contributed by atoms with Crippen LogP contribution in [0.4, 0.5) is 5.69 Å². The summed E-state index contributed by atoms with van der Waals surface area (Å²) in [5, 5.41) is 17.7. The van der Waals surface area contributed by atoms with Crippen LogP contribution in [0.2, 0.25) is 0 Å². The zero-order valence-corrected chi connectivity index (χ0v) is 18.1. The van der Waals surface area contributed by atoms with Crippen molar-refractivity contribution in [1.82, 2.24) is 0 Å². The van der Waals surface area contributed by atoms with Crippen LogP contribution in [0.15, 0.2) is 30.3 Å². The molecule has 0 aliphatic rings. The van der Waals surface area contributed by atoms with E-state index in [1.165, 1.54) is 10.9 Å². The molecule has 0 saturated carbocycles. The van der Waals surface area contributed by atoms with Gasteiger partial charge in [0, 0.05) is 10.5 Å². The van der Waals surface area contributed by atoms with Crippen LogP contribution >= 0.6 is 8.19 Å². The second kappa shape index (κ2) is 5.91. The van der Waals surface area contributed by atoms with Gasteiger partial charge in [-0.05, 0) is 61.4 Å². The van der Waals surface area contributed by atoms with Crippen molar-refractivity contribution < 1.29 is 0 Å². The predicted molar refractivity (Wildman–Crippen MR) is 121 cm³/mol. The highest BCUT2D eigenvalue weighted by Crippen LogP contribution is 2.47. The van der Waals surface area contributed by atoms with E-state index in [9.17, 15) is 5.26 Å². The van der Waals surface area contributed by atoms with Crippen molar-refractivity contribution in [2.24, 2.45) is 0 Å². The van der Waals surface area contributed by atoms with Gasteiger partial charge in [-0.1, -0.05) is 61.9 Å². The molecule has 0 bridgehead atoms. The van der Waals surface area contributed by atoms with Crippen molar-refractivity contribution in [3.05, 3.63) is 58.2 Å². The summed E-state index contributed by atoms with van der Waals surface area (Å²) in [4.78, 5) is 3.87. The van der Waals surface area contributed by atoms with Crippen LogP contribution < -0.4 is 0 Å². The number of benzene rings is 3. The molecule has 0 radical (unpaired) electrons. The summed E-state index contributed by atoms with van der Waals surface area (Å²) >= 11 is 0. The van der Waals surface area contributed by atoms with Crippen molar-refractivity contribution in [3.8, 4) is 6.07 Å². The molecule has 0 aliphatic carbocycles. The van der Waals surface area contributed by atoms with Gasteiger partial charge in [-0.3, -0.25) is 0 Å². The lowest BCUT2D eigenvalue weighted by Crippen LogP contribution is -2.11. The van der Waals surface area contributed by atoms with Crippen LogP contribution in [0.25, 0.3) is 36.9 Å². The third kappa shape index (κ3) is 2.73. The van der Waals surface area contributed by atoms with Crippen molar-refractivity contribution in [2.75, 3.05) is 0 Å². The fraction of sp³-hybridized carbons (Fsp3) is 0.320. The topological polar surface area (TPSA) is 28.1 Å². The number of hydrogen-bond donors (Lipinski definition) is 0. The Balaban J connectivity index is 2.31. The maximum absolute atomic E-state index is 9.89. The first-order valence-corrected chi connectivity index (χ1v) is 10.4. The van der Waals surface area contributed by atoms with Gasteiger partial charge in [0.2, 0.25) is 0 Å². The Morgan fingerprint density at radius 1 is 0.893 bits per heavy atom. The third-order valence-corrected chi connectivity index (χ3v) is 7.12. The van der Waals surface area contributed by atoms with E-state index in [2.05, 4.69) is 70.7 Å². The molecule has 0 saturated heterocycles. The minimum atomic E-state index is -0.0268. The van der Waals surface area contributed by atoms with Crippen molar-refractivity contribution in [2.45, 2.75) is 52.4 Å². The molecule has 0 amide bonds. The number of nitriles is 1. The Kier molecular flexibility index (Phi) is 3.94. The van der Waals surface area contributed by atoms with Crippen molar-refractivity contribution in [1.29, 1.82) is 5.26 Å². The SMILES string of the molecule is [C-]#[N+]c1cc2cc(C(C)(C)C)cc3c(C#N)cc4pc(C(C)(C)C)cc1c4c23. The van der Waals surface area contributed by atoms with E-state index in [0.29, 0.717) is 5.69 Å². The molecular formula is C25H23N2P. The molecule has 1 heterocycles. The monoisotopic (exact) mass is 382 g/mol. The first kappa shape index (κ1) is 18.7. The summed E-state index contributed by atoms with van der Waals surface area (Å²) in [6.45, 7) is 20.9. The zero-order chi connectivity index (χ0) is 20.4. The van der Waals surface area contributed by atoms with Crippen LogP contribution in [0.5, 0.6) is 0 Å². The highest BCUT2D eigenvalue weighted by atomic mass is 31.0. The highest BCUT2D eigenvalue weighted by molar-refractivity contribution is 7.38. The average molecular weight is 382 g/mol. The summed E-state index contributed by atoms with van der Waals surface area (Å²) in [7, 11) is 1.13. The van der Waals surface area contributed by atoms with E-state index in [4.69, 9.17) is 6.57 Å². The minimum Gasteiger partial charge on any atom is -0.237 e. The van der Waals surface area contributed by atoms with Crippen LogP contribution in [0.3, 0.4) is 0 Å². The Hall–Kier alpha value is -2.67. The summed E-state index contributed by atoms with van der Waals surface area (Å²) in [5.41, 5.74) is 2.60. The zero-order valence-electron chi connectivity index (χ0n) is 17.2. The van der Waals surface area contributed by atoms with Gasteiger partial charge < -0.3 is 0 Å². The lowest BCUT2D eigenvalue weighted by molar-refractivity contribution is 0.591. The van der Waals surface area contributed by atoms with Gasteiger partial charge in [-0.15, -0.1) is 0 Å². The van der Waals surface area contributed by atoms with Crippen LogP contribution in [-0.4, -0.2) is 0 Å². The van der Waals surface area contributed by atoms with Crippen LogP contribution in [-0.2, 0) is 10.8 Å². The lowest BCUT2D eigenvalue weighted by Gasteiger charge is -2.24. The largest absolute Gasteiger partial charge is 0.237 e. The molecule has 138 valence electrons. The van der Waals surface area contributed by atoms with Crippen LogP contribution in [0.1, 0.15) is 58.0 Å². The van der Waals surface area contributed by atoms with E-state index in [1.807, 2.05) is 12.1 Å². The number of nitrogens with zero attached hydrogens (tertiary/aromatic N) is 2. The fourth-order valence-electron chi connectivity index (χ4n) is 3.85. The molecule has 4 rings (SSSR count). The molecule has 0 atom stereocenters. The average Bonchev–Trinajstić information content (AvgIpc) is 2.62. The lowest BCUT2D eigenvalue weighted by atomic mass is 9.82. The second-order valence-corrected chi connectivity index (χ2v) is 10.8. The minimum absolute atomic E-state index is 0.0114. The smallest absolute Gasteiger partial charge is 0.195 e. The fourth-order valence-corrected chi connectivity index (χ4v) is 5.17. The van der Waals surface area contributed by atoms with E-state index in [0.717, 1.165) is 45.8 Å². The molecule has 0 spiro atoms. The Morgan fingerprint density at radius 2 is 1.61 bits per heavy atom. The molecule has 3 heteroatoms. The van der Waals surface area contributed by atoms with Crippen molar-refractivity contribution >= 4 is 45.9 Å². The molecule has 4 aromatic rings. The van der Waals surface area contributed by atoms with Gasteiger partial charge in [0.25, 0.3) is 0 Å². The molecule has 0 N–H and O–H groups in total. The van der Waals surface area contributed by atoms with E-state index < -0.39 is 0 Å². The van der Waals surface area contributed by atoms with Crippen molar-refractivity contribution in [3.63, 3.8) is 0 Å². The first-order valence-electron chi connectivity index (χ1n) is 9.50. The standard InChI is InChI=1S/C25H23N2P/c1-24(2,3)16-8-14-9-19(27-7)18-12-21(25(4,5)6)28-20-10-15(13-26)17(11-16)22(14)23(18)20/h8-12H,1-6H3. The normalized spacial score (nSPS) is 12.9. The second-order valence-electron chi connectivity index (χ2n) is 9.61. The molecule has 2 nitrogen and oxygen atoms in total. The van der Waals surface area contributed by atoms with Crippen LogP contribution in [0, 0.1) is 17.9 Å². The van der Waals surface area contributed by atoms with Gasteiger partial charge in [0.1, 0.15) is 0 Å². The maximum Gasteiger partial charge on any atom is 0.195 e. The van der Waals surface area contributed by atoms with Gasteiger partial charge in [0.05, 0.1) is 18.2 Å². The Bertz CT molecular complexity index is 1230. The highest BCUT2D eigenvalue weighted by Gasteiger charge is 2.23. The molecule has 1 aromatic heterocycles. The molecule has 28 heavy (non-hydrogen) atoms. The van der Waals surface area contributed by atoms with Gasteiger partial charge in [0.15, 0.2) is 5.69 Å². The molecule has 0 aliphatic heterocycles. The molecule has 0 unspecified atom stereocenters. The quantitative estimate of drug-likeness (QED) is 0.223. The summed E-state index contributed by atoms with van der Waals surface area (Å²) in [6, 6.07) is 13.1. The summed E-state index contributed by atoms with van der Waals surface area (Å²) in [5.74, 6) is 0. The van der Waals surface area contributed by atoms with E-state index in [-0.39, 0.29) is 10.8 Å². The first-order chi connectivity index (χ1) is 13.0. The third-order valence-electron chi connectivity index (χ3n) is 5.48. The molecule has 3 aromatic carbocycles. The number of rotatable bonds is 0. The van der Waals surface area contributed by atoms with E-state index >= 15 is 0 Å². The Labute approximate surface area is 168 Å². The van der Waals surface area contributed by atoms with Gasteiger partial charge >= 0.3 is 0 Å². The van der Waals surface area contributed by atoms with Gasteiger partial charge in [-0.2, -0.15) is 5.26 Å². The molecule has 0 fully saturated rings. The predicted octanol–water partition coefficient (Wildman–Crippen LogP) is 8.18. The summed E-state index contributed by atoms with van der Waals surface area (Å²) in [6.07, 6.45) is 0.